The minimum Gasteiger partial charge on any atom is -0.468 e. The number of alkyl halides is 3. The second-order valence-corrected chi connectivity index (χ2v) is 3.15. The third-order valence-electron chi connectivity index (χ3n) is 1.63. The van der Waals surface area contributed by atoms with Gasteiger partial charge in [-0.15, -0.1) is 24.0 Å². The predicted octanol–water partition coefficient (Wildman–Crippen LogP) is 1.41. The summed E-state index contributed by atoms with van der Waals surface area (Å²) in [4.78, 5) is 7.41. The maximum Gasteiger partial charge on any atom is 0.422 e. The fourth-order valence-electron chi connectivity index (χ4n) is 0.928. The van der Waals surface area contributed by atoms with Crippen molar-refractivity contribution in [2.75, 3.05) is 6.61 Å². The van der Waals surface area contributed by atoms with E-state index in [0.29, 0.717) is 5.56 Å². The summed E-state index contributed by atoms with van der Waals surface area (Å²) in [6.07, 6.45) is -3.03. The number of pyridine rings is 1. The van der Waals surface area contributed by atoms with Crippen LogP contribution in [-0.2, 0) is 6.54 Å². The molecule has 0 aliphatic heterocycles. The molecule has 0 aromatic carbocycles. The molecule has 1 heterocycles. The van der Waals surface area contributed by atoms with Crippen molar-refractivity contribution in [3.05, 3.63) is 23.9 Å². The van der Waals surface area contributed by atoms with Crippen LogP contribution >= 0.6 is 24.0 Å². The summed E-state index contributed by atoms with van der Waals surface area (Å²) in [5.74, 6) is -0.168. The molecular weight excluding hydrogens is 364 g/mol. The number of rotatable bonds is 4. The fourth-order valence-corrected chi connectivity index (χ4v) is 0.928. The topological polar surface area (TPSA) is 86.5 Å². The summed E-state index contributed by atoms with van der Waals surface area (Å²) in [5, 5.41) is 0. The maximum atomic E-state index is 11.8. The van der Waals surface area contributed by atoms with E-state index in [-0.39, 0.29) is 42.4 Å². The normalized spacial score (nSPS) is 10.4. The quantitative estimate of drug-likeness (QED) is 0.473. The van der Waals surface area contributed by atoms with Gasteiger partial charge in [0.2, 0.25) is 5.88 Å². The van der Waals surface area contributed by atoms with Gasteiger partial charge < -0.3 is 16.2 Å². The van der Waals surface area contributed by atoms with Gasteiger partial charge in [0.05, 0.1) is 6.54 Å². The number of aliphatic imine (C=N–C) groups is 1. The van der Waals surface area contributed by atoms with Gasteiger partial charge in [-0.25, -0.2) is 9.98 Å². The van der Waals surface area contributed by atoms with E-state index in [1.54, 1.807) is 0 Å². The summed E-state index contributed by atoms with van der Waals surface area (Å²) in [6, 6.07) is 2.86. The molecular formula is C9H12F3IN4O. The highest BCUT2D eigenvalue weighted by atomic mass is 127. The number of guanidine groups is 1. The van der Waals surface area contributed by atoms with E-state index < -0.39 is 12.8 Å². The standard InChI is InChI=1S/C9H11F3N4O.HI/c10-9(11,12)5-17-7-2-1-6(3-15-7)4-16-8(13)14;/h1-3H,4-5H2,(H4,13,14,16);1H. The molecule has 102 valence electrons. The molecule has 5 nitrogen and oxygen atoms in total. The van der Waals surface area contributed by atoms with Crippen molar-refractivity contribution in [1.82, 2.24) is 4.98 Å². The van der Waals surface area contributed by atoms with E-state index in [9.17, 15) is 13.2 Å². The van der Waals surface area contributed by atoms with Gasteiger partial charge in [-0.05, 0) is 5.56 Å². The zero-order valence-electron chi connectivity index (χ0n) is 9.15. The van der Waals surface area contributed by atoms with Crippen LogP contribution in [0.3, 0.4) is 0 Å². The van der Waals surface area contributed by atoms with Crippen LogP contribution in [0.4, 0.5) is 13.2 Å². The molecule has 1 aromatic rings. The van der Waals surface area contributed by atoms with Crippen molar-refractivity contribution < 1.29 is 17.9 Å². The lowest BCUT2D eigenvalue weighted by Gasteiger charge is -2.08. The minimum atomic E-state index is -4.38. The Labute approximate surface area is 118 Å². The van der Waals surface area contributed by atoms with Gasteiger partial charge in [0.25, 0.3) is 0 Å². The van der Waals surface area contributed by atoms with Gasteiger partial charge in [-0.3, -0.25) is 0 Å². The lowest BCUT2D eigenvalue weighted by Crippen LogP contribution is -2.22. The Morgan fingerprint density at radius 3 is 2.44 bits per heavy atom. The Balaban J connectivity index is 0.00000289. The number of nitrogens with zero attached hydrogens (tertiary/aromatic N) is 2. The molecule has 9 heteroatoms. The fraction of sp³-hybridized carbons (Fsp3) is 0.333. The van der Waals surface area contributed by atoms with Gasteiger partial charge in [-0.1, -0.05) is 6.07 Å². The second-order valence-electron chi connectivity index (χ2n) is 3.15. The average molecular weight is 376 g/mol. The first kappa shape index (κ1) is 16.7. The minimum absolute atomic E-state index is 0. The molecule has 0 aliphatic rings. The zero-order chi connectivity index (χ0) is 12.9. The van der Waals surface area contributed by atoms with Crippen LogP contribution in [0.5, 0.6) is 5.88 Å². The largest absolute Gasteiger partial charge is 0.468 e. The monoisotopic (exact) mass is 376 g/mol. The van der Waals surface area contributed by atoms with Gasteiger partial charge >= 0.3 is 6.18 Å². The lowest BCUT2D eigenvalue weighted by atomic mass is 10.3. The number of ether oxygens (including phenoxy) is 1. The molecule has 0 aliphatic carbocycles. The second kappa shape index (κ2) is 7.24. The van der Waals surface area contributed by atoms with E-state index in [0.717, 1.165) is 0 Å². The highest BCUT2D eigenvalue weighted by Crippen LogP contribution is 2.17. The number of hydrogen-bond acceptors (Lipinski definition) is 3. The van der Waals surface area contributed by atoms with E-state index in [1.807, 2.05) is 0 Å². The molecule has 0 bridgehead atoms. The third kappa shape index (κ3) is 7.14. The SMILES string of the molecule is I.NC(N)=NCc1ccc(OCC(F)(F)F)nc1. The summed E-state index contributed by atoms with van der Waals surface area (Å²) in [7, 11) is 0. The van der Waals surface area contributed by atoms with Crippen LogP contribution in [0.2, 0.25) is 0 Å². The van der Waals surface area contributed by atoms with Crippen LogP contribution in [0.1, 0.15) is 5.56 Å². The summed E-state index contributed by atoms with van der Waals surface area (Å²) in [6.45, 7) is -1.15. The molecule has 0 unspecified atom stereocenters. The Hall–Kier alpha value is -1.26. The van der Waals surface area contributed by atoms with Gasteiger partial charge in [0.15, 0.2) is 12.6 Å². The molecule has 18 heavy (non-hydrogen) atoms. The summed E-state index contributed by atoms with van der Waals surface area (Å²) < 4.78 is 39.9. The van der Waals surface area contributed by atoms with Crippen molar-refractivity contribution in [3.63, 3.8) is 0 Å². The summed E-state index contributed by atoms with van der Waals surface area (Å²) in [5.41, 5.74) is 10.9. The van der Waals surface area contributed by atoms with E-state index in [1.165, 1.54) is 18.3 Å². The Morgan fingerprint density at radius 1 is 1.33 bits per heavy atom. The maximum absolute atomic E-state index is 11.8. The molecule has 4 N–H and O–H groups in total. The zero-order valence-corrected chi connectivity index (χ0v) is 11.5. The van der Waals surface area contributed by atoms with Crippen molar-refractivity contribution in [2.24, 2.45) is 16.5 Å². The van der Waals surface area contributed by atoms with Crippen molar-refractivity contribution in [2.45, 2.75) is 12.7 Å². The summed E-state index contributed by atoms with van der Waals surface area (Å²) >= 11 is 0. The van der Waals surface area contributed by atoms with Gasteiger partial charge in [-0.2, -0.15) is 13.2 Å². The Bertz CT molecular complexity index is 390. The molecule has 0 amide bonds. The first-order chi connectivity index (χ1) is 7.87. The molecule has 0 atom stereocenters. The van der Waals surface area contributed by atoms with Crippen molar-refractivity contribution in [3.8, 4) is 5.88 Å². The van der Waals surface area contributed by atoms with Crippen LogP contribution in [0.25, 0.3) is 0 Å². The first-order valence-electron chi connectivity index (χ1n) is 4.57. The predicted molar refractivity (Wildman–Crippen MR) is 70.7 cm³/mol. The van der Waals surface area contributed by atoms with Crippen molar-refractivity contribution in [1.29, 1.82) is 0 Å². The number of nitrogens with two attached hydrogens (primary N) is 2. The van der Waals surface area contributed by atoms with E-state index in [4.69, 9.17) is 11.5 Å². The highest BCUT2D eigenvalue weighted by Gasteiger charge is 2.28. The van der Waals surface area contributed by atoms with Crippen LogP contribution in [0, 0.1) is 0 Å². The lowest BCUT2D eigenvalue weighted by molar-refractivity contribution is -0.154. The first-order valence-corrected chi connectivity index (χ1v) is 4.57. The number of hydrogen-bond donors (Lipinski definition) is 2. The van der Waals surface area contributed by atoms with E-state index in [2.05, 4.69) is 14.7 Å². The molecule has 1 aromatic heterocycles. The molecule has 0 saturated heterocycles. The van der Waals surface area contributed by atoms with Crippen LogP contribution < -0.4 is 16.2 Å². The smallest absolute Gasteiger partial charge is 0.422 e. The molecule has 0 radical (unpaired) electrons. The van der Waals surface area contributed by atoms with Crippen LogP contribution in [-0.4, -0.2) is 23.7 Å². The van der Waals surface area contributed by atoms with Crippen LogP contribution in [0.15, 0.2) is 23.3 Å². The molecule has 0 spiro atoms. The van der Waals surface area contributed by atoms with Crippen molar-refractivity contribution >= 4 is 29.9 Å². The number of halogens is 4. The Morgan fingerprint density at radius 2 is 2.00 bits per heavy atom. The molecule has 0 saturated carbocycles. The average Bonchev–Trinajstić information content (AvgIpc) is 2.24. The molecule has 1 rings (SSSR count). The number of aromatic nitrogens is 1. The van der Waals surface area contributed by atoms with Gasteiger partial charge in [0, 0.05) is 12.3 Å². The van der Waals surface area contributed by atoms with E-state index >= 15 is 0 Å². The van der Waals surface area contributed by atoms with Gasteiger partial charge in [0.1, 0.15) is 0 Å². The highest BCUT2D eigenvalue weighted by molar-refractivity contribution is 14.0. The third-order valence-corrected chi connectivity index (χ3v) is 1.63. The Kier molecular flexibility index (Phi) is 6.73. The molecule has 0 fully saturated rings.